The average molecular weight is 469 g/mol. The van der Waals surface area contributed by atoms with Gasteiger partial charge in [-0.2, -0.15) is 10.6 Å². The number of aliphatic imine (C=N–C) groups is 1. The van der Waals surface area contributed by atoms with Gasteiger partial charge in [0.05, 0.1) is 5.75 Å². The van der Waals surface area contributed by atoms with Crippen molar-refractivity contribution >= 4 is 38.3 Å². The van der Waals surface area contributed by atoms with E-state index < -0.39 is 32.6 Å². The Labute approximate surface area is 173 Å². The summed E-state index contributed by atoms with van der Waals surface area (Å²) in [6.45, 7) is 4.86. The fraction of sp³-hybridized carbons (Fsp3) is 0.300. The van der Waals surface area contributed by atoms with E-state index in [1.165, 1.54) is 6.07 Å². The van der Waals surface area contributed by atoms with Crippen LogP contribution < -0.4 is 5.32 Å². The molecule has 2 aromatic carbocycles. The Hall–Kier alpha value is -1.74. The lowest BCUT2D eigenvalue weighted by molar-refractivity contribution is 0.0975. The van der Waals surface area contributed by atoms with Crippen molar-refractivity contribution in [2.24, 2.45) is 4.99 Å². The van der Waals surface area contributed by atoms with E-state index in [9.17, 15) is 18.3 Å². The van der Waals surface area contributed by atoms with Gasteiger partial charge in [0.15, 0.2) is 0 Å². The molecule has 1 amide bonds. The molecule has 0 bridgehead atoms. The number of amidine groups is 1. The summed E-state index contributed by atoms with van der Waals surface area (Å²) < 4.78 is 35.8. The molecule has 1 heterocycles. The highest BCUT2D eigenvalue weighted by molar-refractivity contribution is 9.10. The zero-order valence-electron chi connectivity index (χ0n) is 15.7. The third-order valence-electron chi connectivity index (χ3n) is 5.01. The molecule has 0 saturated carbocycles. The van der Waals surface area contributed by atoms with Crippen molar-refractivity contribution in [3.8, 4) is 0 Å². The van der Waals surface area contributed by atoms with Crippen molar-refractivity contribution in [3.63, 3.8) is 0 Å². The van der Waals surface area contributed by atoms with Crippen LogP contribution in [0.4, 0.5) is 4.39 Å². The lowest BCUT2D eigenvalue weighted by atomic mass is 9.93. The van der Waals surface area contributed by atoms with E-state index in [4.69, 9.17) is 0 Å². The van der Waals surface area contributed by atoms with Crippen molar-refractivity contribution < 1.29 is 18.3 Å². The van der Waals surface area contributed by atoms with E-state index in [0.29, 0.717) is 10.0 Å². The van der Waals surface area contributed by atoms with Crippen LogP contribution in [0.1, 0.15) is 36.7 Å². The minimum absolute atomic E-state index is 0.120. The molecular formula is C20H22BrFN2O3S. The maximum atomic E-state index is 14.6. The molecule has 1 aliphatic heterocycles. The summed E-state index contributed by atoms with van der Waals surface area (Å²) >= 11 is 3.32. The van der Waals surface area contributed by atoms with Crippen LogP contribution in [0, 0.1) is 5.82 Å². The summed E-state index contributed by atoms with van der Waals surface area (Å²) in [7, 11) is -3.25. The zero-order valence-corrected chi connectivity index (χ0v) is 18.1. The predicted molar refractivity (Wildman–Crippen MR) is 115 cm³/mol. The van der Waals surface area contributed by atoms with Crippen LogP contribution in [0.2, 0.25) is 0 Å². The van der Waals surface area contributed by atoms with Crippen molar-refractivity contribution in [3.05, 3.63) is 69.9 Å². The maximum absolute atomic E-state index is 14.6. The monoisotopic (exact) mass is 468 g/mol. The van der Waals surface area contributed by atoms with Gasteiger partial charge in [0.1, 0.15) is 21.9 Å². The van der Waals surface area contributed by atoms with E-state index >= 15 is 0 Å². The van der Waals surface area contributed by atoms with Crippen molar-refractivity contribution in [2.75, 3.05) is 5.75 Å². The molecule has 3 rings (SSSR count). The van der Waals surface area contributed by atoms with Crippen molar-refractivity contribution in [1.82, 2.24) is 5.32 Å². The van der Waals surface area contributed by atoms with Crippen LogP contribution in [-0.4, -0.2) is 31.3 Å². The maximum Gasteiger partial charge on any atom is 0.256 e. The molecule has 0 fully saturated rings. The largest absolute Gasteiger partial charge is 0.309 e. The van der Waals surface area contributed by atoms with Crippen LogP contribution in [-0.2, 0) is 5.54 Å². The van der Waals surface area contributed by atoms with Crippen LogP contribution in [0.25, 0.3) is 0 Å². The van der Waals surface area contributed by atoms with Crippen LogP contribution in [0.5, 0.6) is 0 Å². The third kappa shape index (κ3) is 3.74. The molecule has 1 aliphatic rings. The molecule has 1 atom stereocenters. The molecule has 8 heteroatoms. The predicted octanol–water partition coefficient (Wildman–Crippen LogP) is 5.17. The fourth-order valence-corrected chi connectivity index (χ4v) is 5.27. The van der Waals surface area contributed by atoms with Crippen LogP contribution in [0.3, 0.4) is 0 Å². The highest BCUT2D eigenvalue weighted by atomic mass is 79.9. The number of nitrogens with zero attached hydrogens (tertiary/aromatic N) is 1. The standard InChI is InChI=1S/C20H22BrFN2O3S/c1-19(2)18(23-17(25)13-7-5-4-6-8-13)24-20(3,12-28(19,26)27)15-11-14(21)9-10-16(15)22/h4-11,26-27H,12H2,1-3H3,(H,23,24,25). The van der Waals surface area contributed by atoms with Crippen LogP contribution in [0.15, 0.2) is 58.0 Å². The second-order valence-corrected chi connectivity index (χ2v) is 11.1. The number of amides is 1. The number of nitrogens with one attached hydrogen (secondary N) is 1. The molecule has 2 aromatic rings. The van der Waals surface area contributed by atoms with Gasteiger partial charge in [-0.25, -0.2) is 4.39 Å². The zero-order chi connectivity index (χ0) is 20.7. The molecule has 0 aliphatic carbocycles. The Bertz CT molecular complexity index is 950. The second kappa shape index (κ2) is 7.26. The molecule has 0 saturated heterocycles. The third-order valence-corrected chi connectivity index (χ3v) is 8.29. The van der Waals surface area contributed by atoms with Gasteiger partial charge in [0, 0.05) is 15.6 Å². The van der Waals surface area contributed by atoms with E-state index in [1.54, 1.807) is 63.2 Å². The number of halogens is 2. The van der Waals surface area contributed by atoms with E-state index in [-0.39, 0.29) is 17.2 Å². The Morgan fingerprint density at radius 3 is 2.46 bits per heavy atom. The highest BCUT2D eigenvalue weighted by Crippen LogP contribution is 2.59. The SMILES string of the molecule is CC1(c2cc(Br)ccc2F)CS(O)(O)C(C)(C)C(NC(=O)c2ccccc2)=N1. The quantitative estimate of drug-likeness (QED) is 0.567. The Kier molecular flexibility index (Phi) is 5.44. The number of carbonyl (C=O) groups is 1. The van der Waals surface area contributed by atoms with Gasteiger partial charge in [-0.3, -0.25) is 18.9 Å². The molecule has 0 radical (unpaired) electrons. The van der Waals surface area contributed by atoms with E-state index in [2.05, 4.69) is 26.2 Å². The van der Waals surface area contributed by atoms with Gasteiger partial charge < -0.3 is 5.32 Å². The van der Waals surface area contributed by atoms with Gasteiger partial charge in [0.2, 0.25) is 0 Å². The summed E-state index contributed by atoms with van der Waals surface area (Å²) in [5, 5.41) is 2.72. The Balaban J connectivity index is 2.09. The average Bonchev–Trinajstić information content (AvgIpc) is 2.62. The lowest BCUT2D eigenvalue weighted by Gasteiger charge is -2.54. The van der Waals surface area contributed by atoms with Crippen molar-refractivity contribution in [2.45, 2.75) is 31.1 Å². The second-order valence-electron chi connectivity index (χ2n) is 7.50. The topological polar surface area (TPSA) is 81.9 Å². The molecular weight excluding hydrogens is 447 g/mol. The molecule has 28 heavy (non-hydrogen) atoms. The molecule has 0 aromatic heterocycles. The summed E-state index contributed by atoms with van der Waals surface area (Å²) in [6.07, 6.45) is 0. The van der Waals surface area contributed by atoms with Crippen LogP contribution >= 0.6 is 26.5 Å². The molecule has 3 N–H and O–H groups in total. The van der Waals surface area contributed by atoms with Gasteiger partial charge in [0.25, 0.3) is 5.91 Å². The van der Waals surface area contributed by atoms with Gasteiger partial charge in [-0.1, -0.05) is 34.1 Å². The summed E-state index contributed by atoms with van der Waals surface area (Å²) in [6, 6.07) is 13.0. The molecule has 0 spiro atoms. The first-order chi connectivity index (χ1) is 13.0. The normalized spacial score (nSPS) is 24.2. The smallest absolute Gasteiger partial charge is 0.256 e. The molecule has 1 unspecified atom stereocenters. The van der Waals surface area contributed by atoms with E-state index in [1.807, 2.05) is 0 Å². The minimum Gasteiger partial charge on any atom is -0.309 e. The first-order valence-corrected chi connectivity index (χ1v) is 11.1. The van der Waals surface area contributed by atoms with Gasteiger partial charge in [-0.05, 0) is 51.1 Å². The number of hydrogen-bond acceptors (Lipinski definition) is 4. The van der Waals surface area contributed by atoms with Gasteiger partial charge >= 0.3 is 0 Å². The van der Waals surface area contributed by atoms with E-state index in [0.717, 1.165) is 0 Å². The number of carbonyl (C=O) groups excluding carboxylic acids is 1. The summed E-state index contributed by atoms with van der Waals surface area (Å²) in [5.74, 6) is -0.945. The molecule has 150 valence electrons. The fourth-order valence-electron chi connectivity index (χ4n) is 3.14. The van der Waals surface area contributed by atoms with Gasteiger partial charge in [-0.15, -0.1) is 0 Å². The first kappa shape index (κ1) is 21.0. The summed E-state index contributed by atoms with van der Waals surface area (Å²) in [5.41, 5.74) is -0.608. The highest BCUT2D eigenvalue weighted by Gasteiger charge is 2.50. The summed E-state index contributed by atoms with van der Waals surface area (Å²) in [4.78, 5) is 17.3. The Morgan fingerprint density at radius 2 is 1.82 bits per heavy atom. The first-order valence-electron chi connectivity index (χ1n) is 8.64. The Morgan fingerprint density at radius 1 is 1.18 bits per heavy atom. The lowest BCUT2D eigenvalue weighted by Crippen LogP contribution is -2.55. The minimum atomic E-state index is -3.25. The number of benzene rings is 2. The number of hydrogen-bond donors (Lipinski definition) is 3. The van der Waals surface area contributed by atoms with Crippen molar-refractivity contribution in [1.29, 1.82) is 0 Å². The molecule has 5 nitrogen and oxygen atoms in total. The number of rotatable bonds is 2.